The molecule has 1 aliphatic heterocycles. The number of fused-ring (bicyclic) bond motifs is 1. The monoisotopic (exact) mass is 137 g/mol. The Bertz CT molecular complexity index is 229. The first-order chi connectivity index (χ1) is 4.86. The predicted molar refractivity (Wildman–Crippen MR) is 39.9 cm³/mol. The van der Waals surface area contributed by atoms with Gasteiger partial charge in [-0.3, -0.25) is 0 Å². The lowest BCUT2D eigenvalue weighted by atomic mass is 10.2. The Balaban J connectivity index is 2.30. The average molecular weight is 137 g/mol. The normalized spacial score (nSPS) is 23.5. The molecule has 1 N–H and O–H groups in total. The Morgan fingerprint density at radius 2 is 2.70 bits per heavy atom. The molecule has 3 heteroatoms. The summed E-state index contributed by atoms with van der Waals surface area (Å²) in [5.74, 6) is 1.15. The van der Waals surface area contributed by atoms with Gasteiger partial charge in [-0.1, -0.05) is 0 Å². The van der Waals surface area contributed by atoms with Gasteiger partial charge in [-0.25, -0.2) is 4.68 Å². The molecule has 1 aromatic heterocycles. The highest BCUT2D eigenvalue weighted by atomic mass is 15.3. The van der Waals surface area contributed by atoms with Gasteiger partial charge in [-0.05, 0) is 13.3 Å². The van der Waals surface area contributed by atoms with Gasteiger partial charge in [0, 0.05) is 18.7 Å². The molecule has 0 saturated heterocycles. The summed E-state index contributed by atoms with van der Waals surface area (Å²) in [7, 11) is 0. The summed E-state index contributed by atoms with van der Waals surface area (Å²) in [6, 6.07) is 2.61. The van der Waals surface area contributed by atoms with Crippen molar-refractivity contribution < 1.29 is 0 Å². The molecular formula is C7H11N3. The van der Waals surface area contributed by atoms with Gasteiger partial charge in [-0.2, -0.15) is 5.10 Å². The highest BCUT2D eigenvalue weighted by Crippen LogP contribution is 2.15. The van der Waals surface area contributed by atoms with E-state index in [1.165, 1.54) is 6.42 Å². The van der Waals surface area contributed by atoms with Crippen LogP contribution in [0.1, 0.15) is 13.3 Å². The summed E-state index contributed by atoms with van der Waals surface area (Å²) in [6.45, 7) is 3.24. The molecule has 3 nitrogen and oxygen atoms in total. The number of hydrogen-bond donors (Lipinski definition) is 1. The van der Waals surface area contributed by atoms with Crippen molar-refractivity contribution in [3.05, 3.63) is 12.3 Å². The molecule has 2 heterocycles. The van der Waals surface area contributed by atoms with Gasteiger partial charge in [-0.15, -0.1) is 0 Å². The van der Waals surface area contributed by atoms with Gasteiger partial charge in [0.2, 0.25) is 0 Å². The van der Waals surface area contributed by atoms with Crippen LogP contribution in [0.2, 0.25) is 0 Å². The number of hydrogen-bond acceptors (Lipinski definition) is 2. The van der Waals surface area contributed by atoms with Crippen molar-refractivity contribution in [3.63, 3.8) is 0 Å². The van der Waals surface area contributed by atoms with Crippen molar-refractivity contribution in [2.24, 2.45) is 0 Å². The number of aromatic nitrogens is 2. The number of aryl methyl sites for hydroxylation is 1. The molecule has 0 aliphatic carbocycles. The van der Waals surface area contributed by atoms with E-state index < -0.39 is 0 Å². The third-order valence-corrected chi connectivity index (χ3v) is 1.88. The van der Waals surface area contributed by atoms with Gasteiger partial charge in [0.05, 0.1) is 6.20 Å². The van der Waals surface area contributed by atoms with Gasteiger partial charge < -0.3 is 5.32 Å². The van der Waals surface area contributed by atoms with Crippen LogP contribution in [-0.4, -0.2) is 15.8 Å². The maximum atomic E-state index is 4.15. The average Bonchev–Trinajstić information content (AvgIpc) is 2.33. The molecule has 0 aromatic carbocycles. The fraction of sp³-hybridized carbons (Fsp3) is 0.571. The smallest absolute Gasteiger partial charge is 0.124 e. The van der Waals surface area contributed by atoms with Crippen molar-refractivity contribution in [2.45, 2.75) is 25.9 Å². The van der Waals surface area contributed by atoms with Crippen LogP contribution in [-0.2, 0) is 6.54 Å². The minimum absolute atomic E-state index is 0.601. The van der Waals surface area contributed by atoms with Crippen LogP contribution >= 0.6 is 0 Å². The molecule has 10 heavy (non-hydrogen) atoms. The second-order valence-corrected chi connectivity index (χ2v) is 2.77. The van der Waals surface area contributed by atoms with E-state index in [2.05, 4.69) is 17.3 Å². The van der Waals surface area contributed by atoms with Crippen LogP contribution in [0.5, 0.6) is 0 Å². The fourth-order valence-electron chi connectivity index (χ4n) is 1.27. The summed E-state index contributed by atoms with van der Waals surface area (Å²) in [5, 5.41) is 7.49. The molecule has 54 valence electrons. The first kappa shape index (κ1) is 5.77. The Kier molecular flexibility index (Phi) is 1.16. The molecule has 1 aromatic rings. The molecule has 0 radical (unpaired) electrons. The molecule has 1 atom stereocenters. The summed E-state index contributed by atoms with van der Waals surface area (Å²) >= 11 is 0. The third-order valence-electron chi connectivity index (χ3n) is 1.88. The minimum Gasteiger partial charge on any atom is -0.368 e. The lowest BCUT2D eigenvalue weighted by Gasteiger charge is -2.21. The number of nitrogens with zero attached hydrogens (tertiary/aromatic N) is 2. The van der Waals surface area contributed by atoms with E-state index in [9.17, 15) is 0 Å². The molecule has 2 rings (SSSR count). The van der Waals surface area contributed by atoms with E-state index in [0.29, 0.717) is 6.04 Å². The Hall–Kier alpha value is -0.990. The quantitative estimate of drug-likeness (QED) is 0.580. The molecule has 0 spiro atoms. The van der Waals surface area contributed by atoms with E-state index in [-0.39, 0.29) is 0 Å². The largest absolute Gasteiger partial charge is 0.368 e. The van der Waals surface area contributed by atoms with Crippen LogP contribution in [0, 0.1) is 0 Å². The van der Waals surface area contributed by atoms with Crippen molar-refractivity contribution in [3.8, 4) is 0 Å². The summed E-state index contributed by atoms with van der Waals surface area (Å²) in [4.78, 5) is 0. The third kappa shape index (κ3) is 0.781. The molecular weight excluding hydrogens is 126 g/mol. The van der Waals surface area contributed by atoms with Gasteiger partial charge in [0.1, 0.15) is 5.82 Å². The zero-order chi connectivity index (χ0) is 6.97. The molecule has 1 unspecified atom stereocenters. The van der Waals surface area contributed by atoms with Crippen LogP contribution in [0.15, 0.2) is 12.3 Å². The number of nitrogens with one attached hydrogen (secondary N) is 1. The van der Waals surface area contributed by atoms with Crippen molar-refractivity contribution in [1.82, 2.24) is 9.78 Å². The van der Waals surface area contributed by atoms with E-state index >= 15 is 0 Å². The SMILES string of the molecule is CC1CCn2nccc2N1. The second-order valence-electron chi connectivity index (χ2n) is 2.77. The topological polar surface area (TPSA) is 29.9 Å². The van der Waals surface area contributed by atoms with Crippen molar-refractivity contribution in [2.75, 3.05) is 5.32 Å². The molecule has 0 saturated carbocycles. The van der Waals surface area contributed by atoms with Gasteiger partial charge in [0.25, 0.3) is 0 Å². The zero-order valence-electron chi connectivity index (χ0n) is 6.04. The van der Waals surface area contributed by atoms with E-state index in [4.69, 9.17) is 0 Å². The lowest BCUT2D eigenvalue weighted by molar-refractivity contribution is 0.512. The van der Waals surface area contributed by atoms with Crippen molar-refractivity contribution in [1.29, 1.82) is 0 Å². The van der Waals surface area contributed by atoms with Crippen LogP contribution in [0.25, 0.3) is 0 Å². The highest BCUT2D eigenvalue weighted by Gasteiger charge is 2.12. The zero-order valence-corrected chi connectivity index (χ0v) is 6.04. The standard InChI is InChI=1S/C7H11N3/c1-6-3-5-10-7(9-6)2-4-8-10/h2,4,6,9H,3,5H2,1H3. The number of rotatable bonds is 0. The summed E-state index contributed by atoms with van der Waals surface area (Å²) < 4.78 is 2.00. The molecule has 0 amide bonds. The second kappa shape index (κ2) is 2.01. The van der Waals surface area contributed by atoms with Crippen LogP contribution < -0.4 is 5.32 Å². The Morgan fingerprint density at radius 1 is 1.80 bits per heavy atom. The highest BCUT2D eigenvalue weighted by molar-refractivity contribution is 5.36. The van der Waals surface area contributed by atoms with Gasteiger partial charge in [0.15, 0.2) is 0 Å². The first-order valence-electron chi connectivity index (χ1n) is 3.64. The predicted octanol–water partition coefficient (Wildman–Crippen LogP) is 1.09. The van der Waals surface area contributed by atoms with Crippen molar-refractivity contribution >= 4 is 5.82 Å². The summed E-state index contributed by atoms with van der Waals surface area (Å²) in [5.41, 5.74) is 0. The minimum atomic E-state index is 0.601. The summed E-state index contributed by atoms with van der Waals surface area (Å²) in [6.07, 6.45) is 3.01. The van der Waals surface area contributed by atoms with E-state index in [0.717, 1.165) is 12.4 Å². The lowest BCUT2D eigenvalue weighted by Crippen LogP contribution is -2.25. The Labute approximate surface area is 60.0 Å². The maximum Gasteiger partial charge on any atom is 0.124 e. The maximum absolute atomic E-state index is 4.15. The van der Waals surface area contributed by atoms with E-state index in [1.807, 2.05) is 16.9 Å². The Morgan fingerprint density at radius 3 is 3.60 bits per heavy atom. The molecule has 0 bridgehead atoms. The van der Waals surface area contributed by atoms with E-state index in [1.54, 1.807) is 0 Å². The molecule has 0 fully saturated rings. The molecule has 1 aliphatic rings. The number of anilines is 1. The van der Waals surface area contributed by atoms with Gasteiger partial charge >= 0.3 is 0 Å². The first-order valence-corrected chi connectivity index (χ1v) is 3.64. The van der Waals surface area contributed by atoms with Crippen LogP contribution in [0.3, 0.4) is 0 Å². The van der Waals surface area contributed by atoms with Crippen LogP contribution in [0.4, 0.5) is 5.82 Å². The fourth-order valence-corrected chi connectivity index (χ4v) is 1.27.